The summed E-state index contributed by atoms with van der Waals surface area (Å²) in [6.45, 7) is 3.47. The predicted octanol–water partition coefficient (Wildman–Crippen LogP) is 3.50. The molecule has 2 atom stereocenters. The van der Waals surface area contributed by atoms with Gasteiger partial charge in [-0.05, 0) is 26.0 Å². The molecule has 0 saturated heterocycles. The third-order valence-corrected chi connectivity index (χ3v) is 8.67. The zero-order chi connectivity index (χ0) is 19.1. The first-order chi connectivity index (χ1) is 12.1. The van der Waals surface area contributed by atoms with E-state index in [4.69, 9.17) is 0 Å². The summed E-state index contributed by atoms with van der Waals surface area (Å²) in [5.74, 6) is 0. The largest absolute Gasteiger partial charge is 0.588 e. The molecular formula is C16H18N3O4S3+. The van der Waals surface area contributed by atoms with Crippen LogP contribution in [0.5, 0.6) is 0 Å². The Hall–Kier alpha value is -1.85. The van der Waals surface area contributed by atoms with Gasteiger partial charge >= 0.3 is 0 Å². The van der Waals surface area contributed by atoms with Gasteiger partial charge in [-0.2, -0.15) is 14.4 Å². The van der Waals surface area contributed by atoms with E-state index in [-0.39, 0.29) is 14.0 Å². The zero-order valence-electron chi connectivity index (χ0n) is 14.3. The third kappa shape index (κ3) is 3.38. The number of aromatic nitrogens is 2. The molecule has 2 N–H and O–H groups in total. The Morgan fingerprint density at radius 2 is 1.85 bits per heavy atom. The molecule has 0 bridgehead atoms. The number of nitrogens with one attached hydrogen (secondary N) is 1. The van der Waals surface area contributed by atoms with E-state index in [0.29, 0.717) is 17.1 Å². The molecule has 3 aromatic rings. The first-order valence-corrected chi connectivity index (χ1v) is 11.4. The summed E-state index contributed by atoms with van der Waals surface area (Å²) >= 11 is 0.899. The fraction of sp³-hybridized carbons (Fsp3) is 0.188. The molecule has 2 aromatic heterocycles. The molecule has 1 aromatic carbocycles. The normalized spacial score (nSPS) is 16.0. The molecule has 138 valence electrons. The molecule has 0 aliphatic rings. The highest BCUT2D eigenvalue weighted by atomic mass is 32.3. The standard InChI is InChI=1S/C16H17N3O4S3/c1-11-16(12(2)19(3)17-11)18-26(22,23)15-9-14(10-24-15)25(20,21)13-7-5-4-6-8-13/h4-10H,1-3H3,(H-2,18,20,21,22,23)/p+1. The molecule has 3 rings (SSSR count). The lowest BCUT2D eigenvalue weighted by Crippen LogP contribution is -2.20. The molecule has 0 saturated carbocycles. The van der Waals surface area contributed by atoms with Crippen molar-refractivity contribution in [3.05, 3.63) is 53.2 Å². The van der Waals surface area contributed by atoms with Crippen molar-refractivity contribution in [3.8, 4) is 0 Å². The second-order valence-corrected chi connectivity index (χ2v) is 10.5. The van der Waals surface area contributed by atoms with E-state index in [1.165, 1.54) is 23.6 Å². The Morgan fingerprint density at radius 1 is 1.19 bits per heavy atom. The summed E-state index contributed by atoms with van der Waals surface area (Å²) in [4.78, 5) is 0.294. The summed E-state index contributed by atoms with van der Waals surface area (Å²) in [6.07, 6.45) is 0. The lowest BCUT2D eigenvalue weighted by atomic mass is 10.3. The van der Waals surface area contributed by atoms with Crippen molar-refractivity contribution in [2.45, 2.75) is 27.8 Å². The van der Waals surface area contributed by atoms with Crippen molar-refractivity contribution in [2.24, 2.45) is 7.05 Å². The van der Waals surface area contributed by atoms with Gasteiger partial charge < -0.3 is 4.55 Å². The fourth-order valence-electron chi connectivity index (χ4n) is 2.43. The van der Waals surface area contributed by atoms with Gasteiger partial charge in [0.05, 0.1) is 22.8 Å². The highest BCUT2D eigenvalue weighted by molar-refractivity contribution is 8.01. The minimum absolute atomic E-state index is 0.0344. The molecule has 2 heterocycles. The molecule has 10 heteroatoms. The second kappa shape index (κ2) is 6.71. The van der Waals surface area contributed by atoms with Gasteiger partial charge in [0, 0.05) is 7.05 Å². The van der Waals surface area contributed by atoms with Crippen LogP contribution in [0.15, 0.2) is 55.8 Å². The molecule has 0 aliphatic heterocycles. The van der Waals surface area contributed by atoms with Gasteiger partial charge in [0.15, 0.2) is 15.3 Å². The van der Waals surface area contributed by atoms with Gasteiger partial charge in [-0.25, -0.2) is 0 Å². The average Bonchev–Trinajstić information content (AvgIpc) is 3.18. The molecule has 0 radical (unpaired) electrons. The lowest BCUT2D eigenvalue weighted by Gasteiger charge is -2.14. The maximum absolute atomic E-state index is 12.7. The van der Waals surface area contributed by atoms with Gasteiger partial charge in [0.25, 0.3) is 10.2 Å². The minimum Gasteiger partial charge on any atom is -0.588 e. The van der Waals surface area contributed by atoms with E-state index in [2.05, 4.69) is 9.82 Å². The van der Waals surface area contributed by atoms with Crippen LogP contribution in [0.2, 0.25) is 0 Å². The van der Waals surface area contributed by atoms with Crippen LogP contribution < -0.4 is 4.72 Å². The molecule has 0 fully saturated rings. The molecule has 26 heavy (non-hydrogen) atoms. The Bertz CT molecular complexity index is 1040. The molecule has 2 unspecified atom stereocenters. The Balaban J connectivity index is 1.94. The van der Waals surface area contributed by atoms with Crippen molar-refractivity contribution in [1.29, 1.82) is 0 Å². The Kier molecular flexibility index (Phi) is 4.88. The molecule has 0 aliphatic carbocycles. The van der Waals surface area contributed by atoms with Gasteiger partial charge in [-0.3, -0.25) is 4.68 Å². The van der Waals surface area contributed by atoms with Crippen LogP contribution in [0.25, 0.3) is 0 Å². The SMILES string of the molecule is Cc1nn(C)c(C)c1N[S+](=O)([O-])c1cc([S+](=O)(O)c2ccccc2)cs1. The van der Waals surface area contributed by atoms with Crippen molar-refractivity contribution in [2.75, 3.05) is 4.72 Å². The van der Waals surface area contributed by atoms with Crippen molar-refractivity contribution >= 4 is 37.6 Å². The number of aryl methyl sites for hydroxylation is 2. The van der Waals surface area contributed by atoms with Gasteiger partial charge in [0.2, 0.25) is 9.10 Å². The molecule has 7 nitrogen and oxygen atoms in total. The maximum atomic E-state index is 12.7. The first-order valence-electron chi connectivity index (χ1n) is 7.56. The van der Waals surface area contributed by atoms with E-state index in [9.17, 15) is 17.5 Å². The molecule has 0 spiro atoms. The van der Waals surface area contributed by atoms with Gasteiger partial charge in [-0.15, -0.1) is 0 Å². The quantitative estimate of drug-likeness (QED) is 0.624. The maximum Gasteiger partial charge on any atom is 0.282 e. The predicted molar refractivity (Wildman–Crippen MR) is 101 cm³/mol. The van der Waals surface area contributed by atoms with Crippen LogP contribution in [0.3, 0.4) is 0 Å². The van der Waals surface area contributed by atoms with E-state index in [1.54, 1.807) is 43.8 Å². The first kappa shape index (κ1) is 18.9. The summed E-state index contributed by atoms with van der Waals surface area (Å²) in [7, 11) is -5.67. The minimum atomic E-state index is -3.89. The highest BCUT2D eigenvalue weighted by Crippen LogP contribution is 2.34. The highest BCUT2D eigenvalue weighted by Gasteiger charge is 2.37. The van der Waals surface area contributed by atoms with Crippen LogP contribution in [0, 0.1) is 13.8 Å². The number of rotatable bonds is 5. The van der Waals surface area contributed by atoms with Crippen LogP contribution in [0.1, 0.15) is 11.4 Å². The topological polar surface area (TPSA) is 107 Å². The van der Waals surface area contributed by atoms with E-state index < -0.39 is 20.6 Å². The number of sulfonamides is 1. The summed E-state index contributed by atoms with van der Waals surface area (Å²) < 4.78 is 52.6. The number of hydrogen-bond donors (Lipinski definition) is 2. The van der Waals surface area contributed by atoms with E-state index in [1.807, 2.05) is 0 Å². The fourth-order valence-corrected chi connectivity index (χ4v) is 6.54. The van der Waals surface area contributed by atoms with Crippen molar-refractivity contribution in [3.63, 3.8) is 0 Å². The average molecular weight is 413 g/mol. The lowest BCUT2D eigenvalue weighted by molar-refractivity contribution is 0.485. The summed E-state index contributed by atoms with van der Waals surface area (Å²) in [6, 6.07) is 9.37. The Labute approximate surface area is 157 Å². The Morgan fingerprint density at radius 3 is 2.42 bits per heavy atom. The number of hydrogen-bond acceptors (Lipinski definition) is 5. The van der Waals surface area contributed by atoms with Crippen molar-refractivity contribution < 1.29 is 17.5 Å². The van der Waals surface area contributed by atoms with Crippen LogP contribution in [-0.4, -0.2) is 18.9 Å². The van der Waals surface area contributed by atoms with E-state index in [0.717, 1.165) is 11.3 Å². The zero-order valence-corrected chi connectivity index (χ0v) is 16.8. The van der Waals surface area contributed by atoms with Gasteiger partial charge in [-0.1, -0.05) is 38.0 Å². The van der Waals surface area contributed by atoms with Crippen LogP contribution in [-0.2, 0) is 36.1 Å². The second-order valence-electron chi connectivity index (χ2n) is 5.72. The van der Waals surface area contributed by atoms with Crippen molar-refractivity contribution in [1.82, 2.24) is 9.78 Å². The summed E-state index contributed by atoms with van der Waals surface area (Å²) in [5, 5.41) is 5.58. The smallest absolute Gasteiger partial charge is 0.282 e. The summed E-state index contributed by atoms with van der Waals surface area (Å²) in [5.41, 5.74) is 1.65. The van der Waals surface area contributed by atoms with Crippen LogP contribution >= 0.6 is 11.3 Å². The monoisotopic (exact) mass is 412 g/mol. The van der Waals surface area contributed by atoms with E-state index >= 15 is 0 Å². The molecular weight excluding hydrogens is 394 g/mol. The number of anilines is 1. The number of nitrogens with zero attached hydrogens (tertiary/aromatic N) is 2. The number of thiophene rings is 1. The third-order valence-electron chi connectivity index (χ3n) is 3.94. The molecule has 0 amide bonds. The number of benzene rings is 1. The van der Waals surface area contributed by atoms with Gasteiger partial charge in [0.1, 0.15) is 5.69 Å². The van der Waals surface area contributed by atoms with Crippen LogP contribution in [0.4, 0.5) is 5.69 Å².